The zero-order valence-electron chi connectivity index (χ0n) is 14.7. The van der Waals surface area contributed by atoms with Crippen molar-refractivity contribution >= 4 is 40.0 Å². The normalized spacial score (nSPS) is 12.4. The van der Waals surface area contributed by atoms with Crippen LogP contribution < -0.4 is 5.32 Å². The highest BCUT2D eigenvalue weighted by Gasteiger charge is 2.19. The molecule has 0 radical (unpaired) electrons. The second-order valence-corrected chi connectivity index (χ2v) is 7.20. The van der Waals surface area contributed by atoms with Crippen molar-refractivity contribution in [1.29, 1.82) is 0 Å². The summed E-state index contributed by atoms with van der Waals surface area (Å²) in [6.07, 6.45) is 0. The van der Waals surface area contributed by atoms with Crippen LogP contribution in [0.15, 0.2) is 36.4 Å². The molecule has 130 valence electrons. The molecule has 0 fully saturated rings. The largest absolute Gasteiger partial charge is 0.344 e. The Morgan fingerprint density at radius 3 is 2.36 bits per heavy atom. The van der Waals surface area contributed by atoms with Gasteiger partial charge in [0.1, 0.15) is 5.69 Å². The number of aromatic nitrogens is 1. The maximum atomic E-state index is 12.8. The van der Waals surface area contributed by atoms with Crippen LogP contribution in [0.1, 0.15) is 40.1 Å². The monoisotopic (exact) mass is 374 g/mol. The molecule has 0 saturated heterocycles. The molecular weight excluding hydrogens is 355 g/mol. The maximum Gasteiger partial charge on any atom is 0.268 e. The summed E-state index contributed by atoms with van der Waals surface area (Å²) in [6, 6.07) is 11.8. The van der Waals surface area contributed by atoms with Gasteiger partial charge in [-0.1, -0.05) is 53.0 Å². The summed E-state index contributed by atoms with van der Waals surface area (Å²) in [7, 11) is 1.86. The standard InChI is InChI=1S/C20H20Cl2N2O/c1-11-5-7-14(8-6-11)13(3)23-20(25)17-10-15-16(24(17)4)9-12(2)18(21)19(15)22/h5-10,13H,1-4H3,(H,23,25)/t13-/m1/s1. The molecule has 0 saturated carbocycles. The second kappa shape index (κ2) is 6.74. The van der Waals surface area contributed by atoms with E-state index in [-0.39, 0.29) is 11.9 Å². The van der Waals surface area contributed by atoms with Crippen molar-refractivity contribution in [3.8, 4) is 0 Å². The van der Waals surface area contributed by atoms with Gasteiger partial charge in [-0.2, -0.15) is 0 Å². The lowest BCUT2D eigenvalue weighted by atomic mass is 10.1. The average Bonchev–Trinajstić information content (AvgIpc) is 2.90. The van der Waals surface area contributed by atoms with Gasteiger partial charge in [-0.05, 0) is 44.0 Å². The van der Waals surface area contributed by atoms with E-state index in [1.165, 1.54) is 5.56 Å². The lowest BCUT2D eigenvalue weighted by Crippen LogP contribution is -2.28. The van der Waals surface area contributed by atoms with E-state index in [0.29, 0.717) is 15.7 Å². The van der Waals surface area contributed by atoms with Gasteiger partial charge in [0.15, 0.2) is 0 Å². The number of fused-ring (bicyclic) bond motifs is 1. The molecule has 0 aliphatic carbocycles. The fourth-order valence-corrected chi connectivity index (χ4v) is 3.41. The van der Waals surface area contributed by atoms with Crippen molar-refractivity contribution < 1.29 is 4.79 Å². The Morgan fingerprint density at radius 1 is 1.08 bits per heavy atom. The molecule has 1 N–H and O–H groups in total. The molecular formula is C20H20Cl2N2O. The lowest BCUT2D eigenvalue weighted by Gasteiger charge is -2.15. The summed E-state index contributed by atoms with van der Waals surface area (Å²) in [5.74, 6) is -0.142. The molecule has 0 aliphatic heterocycles. The van der Waals surface area contributed by atoms with Crippen LogP contribution in [0, 0.1) is 13.8 Å². The number of halogens is 2. The lowest BCUT2D eigenvalue weighted by molar-refractivity contribution is 0.0932. The number of benzene rings is 2. The molecule has 3 rings (SSSR count). The first-order chi connectivity index (χ1) is 11.8. The minimum absolute atomic E-state index is 0.0908. The third-order valence-corrected chi connectivity index (χ3v) is 5.54. The minimum Gasteiger partial charge on any atom is -0.344 e. The Balaban J connectivity index is 1.93. The number of aryl methyl sites for hydroxylation is 3. The Labute approximate surface area is 157 Å². The van der Waals surface area contributed by atoms with Gasteiger partial charge in [0.25, 0.3) is 5.91 Å². The van der Waals surface area contributed by atoms with Crippen LogP contribution in [0.4, 0.5) is 0 Å². The van der Waals surface area contributed by atoms with E-state index >= 15 is 0 Å². The van der Waals surface area contributed by atoms with E-state index in [1.807, 2.05) is 62.7 Å². The Morgan fingerprint density at radius 2 is 1.72 bits per heavy atom. The van der Waals surface area contributed by atoms with Gasteiger partial charge in [-0.25, -0.2) is 0 Å². The topological polar surface area (TPSA) is 34.0 Å². The SMILES string of the molecule is Cc1ccc([C@@H](C)NC(=O)c2cc3c(Cl)c(Cl)c(C)cc3n2C)cc1. The number of nitrogens with zero attached hydrogens (tertiary/aromatic N) is 1. The van der Waals surface area contributed by atoms with E-state index in [4.69, 9.17) is 23.2 Å². The van der Waals surface area contributed by atoms with Crippen LogP contribution >= 0.6 is 23.2 Å². The van der Waals surface area contributed by atoms with Gasteiger partial charge >= 0.3 is 0 Å². The zero-order valence-corrected chi connectivity index (χ0v) is 16.2. The number of amides is 1. The molecule has 3 aromatic rings. The molecule has 0 spiro atoms. The van der Waals surface area contributed by atoms with Crippen LogP contribution in [0.5, 0.6) is 0 Å². The van der Waals surface area contributed by atoms with Crippen molar-refractivity contribution in [1.82, 2.24) is 9.88 Å². The number of rotatable bonds is 3. The van der Waals surface area contributed by atoms with Crippen molar-refractivity contribution in [2.45, 2.75) is 26.8 Å². The minimum atomic E-state index is -0.142. The van der Waals surface area contributed by atoms with Gasteiger partial charge in [0, 0.05) is 12.4 Å². The Kier molecular flexibility index (Phi) is 4.81. The summed E-state index contributed by atoms with van der Waals surface area (Å²) >= 11 is 12.6. The molecule has 0 aliphatic rings. The third kappa shape index (κ3) is 3.26. The highest BCUT2D eigenvalue weighted by molar-refractivity contribution is 6.45. The van der Waals surface area contributed by atoms with Crippen LogP contribution in [0.3, 0.4) is 0 Å². The summed E-state index contributed by atoms with van der Waals surface area (Å²) in [6.45, 7) is 5.92. The van der Waals surface area contributed by atoms with Crippen molar-refractivity contribution in [3.63, 3.8) is 0 Å². The summed E-state index contributed by atoms with van der Waals surface area (Å²) < 4.78 is 1.85. The van der Waals surface area contributed by atoms with Gasteiger partial charge in [0.2, 0.25) is 0 Å². The molecule has 0 bridgehead atoms. The van der Waals surface area contributed by atoms with Crippen molar-refractivity contribution in [3.05, 3.63) is 68.8 Å². The molecule has 0 unspecified atom stereocenters. The van der Waals surface area contributed by atoms with Gasteiger partial charge < -0.3 is 9.88 Å². The number of nitrogens with one attached hydrogen (secondary N) is 1. The fourth-order valence-electron chi connectivity index (χ4n) is 2.95. The van der Waals surface area contributed by atoms with Crippen LogP contribution in [0.2, 0.25) is 10.0 Å². The Hall–Kier alpha value is -1.97. The first kappa shape index (κ1) is 17.8. The first-order valence-corrected chi connectivity index (χ1v) is 8.86. The van der Waals surface area contributed by atoms with Crippen molar-refractivity contribution in [2.75, 3.05) is 0 Å². The van der Waals surface area contributed by atoms with E-state index in [9.17, 15) is 4.79 Å². The zero-order chi connectivity index (χ0) is 18.3. The van der Waals surface area contributed by atoms with Gasteiger partial charge in [0.05, 0.1) is 21.6 Å². The van der Waals surface area contributed by atoms with Gasteiger partial charge in [-0.3, -0.25) is 4.79 Å². The van der Waals surface area contributed by atoms with Crippen LogP contribution in [0.25, 0.3) is 10.9 Å². The average molecular weight is 375 g/mol. The molecule has 1 amide bonds. The molecule has 1 aromatic heterocycles. The van der Waals surface area contributed by atoms with Crippen LogP contribution in [-0.4, -0.2) is 10.5 Å². The maximum absolute atomic E-state index is 12.8. The molecule has 5 heteroatoms. The van der Waals surface area contributed by atoms with Crippen LogP contribution in [-0.2, 0) is 7.05 Å². The Bertz CT molecular complexity index is 958. The molecule has 3 nitrogen and oxygen atoms in total. The number of carbonyl (C=O) groups is 1. The molecule has 2 aromatic carbocycles. The predicted molar refractivity (Wildman–Crippen MR) is 105 cm³/mol. The van der Waals surface area contributed by atoms with Crippen molar-refractivity contribution in [2.24, 2.45) is 7.05 Å². The number of hydrogen-bond donors (Lipinski definition) is 1. The third-order valence-electron chi connectivity index (χ3n) is 4.57. The number of carbonyl (C=O) groups excluding carboxylic acids is 1. The van der Waals surface area contributed by atoms with E-state index in [0.717, 1.165) is 22.0 Å². The highest BCUT2D eigenvalue weighted by Crippen LogP contribution is 2.35. The fraction of sp³-hybridized carbons (Fsp3) is 0.250. The molecule has 1 heterocycles. The summed E-state index contributed by atoms with van der Waals surface area (Å²) in [5, 5.41) is 4.84. The predicted octanol–water partition coefficient (Wildman–Crippen LogP) is 5.59. The summed E-state index contributed by atoms with van der Waals surface area (Å²) in [4.78, 5) is 12.8. The van der Waals surface area contributed by atoms with E-state index < -0.39 is 0 Å². The first-order valence-electron chi connectivity index (χ1n) is 8.11. The second-order valence-electron chi connectivity index (χ2n) is 6.45. The number of hydrogen-bond acceptors (Lipinski definition) is 1. The van der Waals surface area contributed by atoms with E-state index in [2.05, 4.69) is 5.32 Å². The quantitative estimate of drug-likeness (QED) is 0.636. The van der Waals surface area contributed by atoms with E-state index in [1.54, 1.807) is 6.07 Å². The highest BCUT2D eigenvalue weighted by atomic mass is 35.5. The summed E-state index contributed by atoms with van der Waals surface area (Å²) in [5.41, 5.74) is 4.59. The molecule has 1 atom stereocenters. The smallest absolute Gasteiger partial charge is 0.268 e. The molecule has 25 heavy (non-hydrogen) atoms. The van der Waals surface area contributed by atoms with Gasteiger partial charge in [-0.15, -0.1) is 0 Å².